The Bertz CT molecular complexity index is 1170. The summed E-state index contributed by atoms with van der Waals surface area (Å²) in [7, 11) is -3.91. The normalized spacial score (nSPS) is 16.0. The summed E-state index contributed by atoms with van der Waals surface area (Å²) in [6, 6.07) is 5.46. The molecule has 1 aliphatic rings. The standard InChI is InChI=1S/C17H17FN6O2S/c1-11-2-3-14(16-15(11)12(4-19)5-21-16)23-27(25,26)13-6-22-24(7-13)10-17(18)8-20-9-17/h2-3,5-7,20-21,23H,8-10H2,1H3. The zero-order chi connectivity index (χ0) is 19.2. The predicted octanol–water partition coefficient (Wildman–Crippen LogP) is 1.66. The minimum absolute atomic E-state index is 0.00749. The first-order valence-electron chi connectivity index (χ1n) is 8.27. The molecule has 0 saturated carbocycles. The van der Waals surface area contributed by atoms with Crippen molar-refractivity contribution in [3.63, 3.8) is 0 Å². The lowest BCUT2D eigenvalue weighted by Crippen LogP contribution is -2.58. The Labute approximate surface area is 155 Å². The summed E-state index contributed by atoms with van der Waals surface area (Å²) in [5, 5.41) is 16.7. The maximum atomic E-state index is 14.2. The maximum Gasteiger partial charge on any atom is 0.265 e. The molecule has 1 aromatic carbocycles. The van der Waals surface area contributed by atoms with E-state index in [1.54, 1.807) is 18.3 Å². The van der Waals surface area contributed by atoms with Gasteiger partial charge in [0.1, 0.15) is 11.0 Å². The van der Waals surface area contributed by atoms with Gasteiger partial charge >= 0.3 is 0 Å². The van der Waals surface area contributed by atoms with Crippen LogP contribution >= 0.6 is 0 Å². The number of hydrogen-bond acceptors (Lipinski definition) is 5. The van der Waals surface area contributed by atoms with Gasteiger partial charge in [-0.1, -0.05) is 6.07 Å². The minimum atomic E-state index is -3.91. The van der Waals surface area contributed by atoms with Gasteiger partial charge in [-0.15, -0.1) is 0 Å². The largest absolute Gasteiger partial charge is 0.358 e. The minimum Gasteiger partial charge on any atom is -0.358 e. The van der Waals surface area contributed by atoms with Crippen LogP contribution in [-0.4, -0.2) is 41.9 Å². The van der Waals surface area contributed by atoms with Gasteiger partial charge in [0.2, 0.25) is 0 Å². The third-order valence-corrected chi connectivity index (χ3v) is 5.98. The molecular weight excluding hydrogens is 371 g/mol. The van der Waals surface area contributed by atoms with Crippen LogP contribution in [0, 0.1) is 18.3 Å². The molecule has 3 heterocycles. The van der Waals surface area contributed by atoms with Crippen molar-refractivity contribution in [3.05, 3.63) is 41.9 Å². The molecule has 3 aromatic rings. The third kappa shape index (κ3) is 3.05. The highest BCUT2D eigenvalue weighted by Gasteiger charge is 2.37. The maximum absolute atomic E-state index is 14.2. The molecule has 8 nitrogen and oxygen atoms in total. The number of nitriles is 1. The fraction of sp³-hybridized carbons (Fsp3) is 0.294. The van der Waals surface area contributed by atoms with Crippen LogP contribution in [0.1, 0.15) is 11.1 Å². The molecular formula is C17H17FN6O2S. The second kappa shape index (κ2) is 6.07. The first-order valence-corrected chi connectivity index (χ1v) is 9.75. The lowest BCUT2D eigenvalue weighted by molar-refractivity contribution is 0.0661. The Hall–Kier alpha value is -2.90. The van der Waals surface area contributed by atoms with Gasteiger partial charge in [0, 0.05) is 30.9 Å². The number of alkyl halides is 1. The number of H-pyrrole nitrogens is 1. The van der Waals surface area contributed by atoms with E-state index in [1.165, 1.54) is 17.1 Å². The Morgan fingerprint density at radius 1 is 1.44 bits per heavy atom. The van der Waals surface area contributed by atoms with Gasteiger partial charge in [0.15, 0.2) is 5.67 Å². The molecule has 27 heavy (non-hydrogen) atoms. The van der Waals surface area contributed by atoms with E-state index in [1.807, 2.05) is 6.92 Å². The van der Waals surface area contributed by atoms with Gasteiger partial charge in [-0.05, 0) is 18.6 Å². The van der Waals surface area contributed by atoms with Crippen molar-refractivity contribution in [2.24, 2.45) is 0 Å². The fourth-order valence-electron chi connectivity index (χ4n) is 3.17. The van der Waals surface area contributed by atoms with Gasteiger partial charge in [-0.2, -0.15) is 10.4 Å². The number of aromatic amines is 1. The topological polar surface area (TPSA) is 116 Å². The number of benzene rings is 1. The summed E-state index contributed by atoms with van der Waals surface area (Å²) in [5.74, 6) is 0. The van der Waals surface area contributed by atoms with Crippen molar-refractivity contribution < 1.29 is 12.8 Å². The highest BCUT2D eigenvalue weighted by Crippen LogP contribution is 2.30. The van der Waals surface area contributed by atoms with Crippen molar-refractivity contribution in [2.75, 3.05) is 17.8 Å². The van der Waals surface area contributed by atoms with Gasteiger partial charge in [0.25, 0.3) is 10.0 Å². The van der Waals surface area contributed by atoms with Crippen LogP contribution in [0.3, 0.4) is 0 Å². The van der Waals surface area contributed by atoms with Crippen LogP contribution < -0.4 is 10.0 Å². The Balaban J connectivity index is 1.64. The van der Waals surface area contributed by atoms with E-state index in [-0.39, 0.29) is 24.5 Å². The summed E-state index contributed by atoms with van der Waals surface area (Å²) < 4.78 is 43.4. The number of hydrogen-bond donors (Lipinski definition) is 3. The van der Waals surface area contributed by atoms with E-state index in [9.17, 15) is 18.1 Å². The Morgan fingerprint density at radius 3 is 2.89 bits per heavy atom. The number of nitrogens with one attached hydrogen (secondary N) is 3. The average Bonchev–Trinajstić information content (AvgIpc) is 3.23. The van der Waals surface area contributed by atoms with Gasteiger partial charge in [0.05, 0.1) is 29.5 Å². The molecule has 0 bridgehead atoms. The zero-order valence-corrected chi connectivity index (χ0v) is 15.3. The summed E-state index contributed by atoms with van der Waals surface area (Å²) in [4.78, 5) is 2.89. The third-order valence-electron chi connectivity index (χ3n) is 4.66. The number of nitrogens with zero attached hydrogens (tertiary/aromatic N) is 3. The molecule has 3 N–H and O–H groups in total. The molecule has 10 heteroatoms. The fourth-order valence-corrected chi connectivity index (χ4v) is 4.19. The molecule has 0 unspecified atom stereocenters. The number of aromatic nitrogens is 3. The van der Waals surface area contributed by atoms with Crippen LogP contribution in [-0.2, 0) is 16.6 Å². The van der Waals surface area contributed by atoms with Gasteiger partial charge < -0.3 is 10.3 Å². The van der Waals surface area contributed by atoms with Crippen LogP contribution in [0.4, 0.5) is 10.1 Å². The highest BCUT2D eigenvalue weighted by molar-refractivity contribution is 7.92. The molecule has 2 aromatic heterocycles. The molecule has 1 saturated heterocycles. The van der Waals surface area contributed by atoms with E-state index >= 15 is 0 Å². The number of fused-ring (bicyclic) bond motifs is 1. The molecule has 1 fully saturated rings. The molecule has 140 valence electrons. The second-order valence-electron chi connectivity index (χ2n) is 6.73. The van der Waals surface area contributed by atoms with Crippen molar-refractivity contribution >= 4 is 26.6 Å². The second-order valence-corrected chi connectivity index (χ2v) is 8.41. The predicted molar refractivity (Wildman–Crippen MR) is 97.5 cm³/mol. The van der Waals surface area contributed by atoms with E-state index < -0.39 is 15.7 Å². The van der Waals surface area contributed by atoms with E-state index in [4.69, 9.17) is 0 Å². The number of aryl methyl sites for hydroxylation is 1. The van der Waals surface area contributed by atoms with E-state index in [0.29, 0.717) is 22.2 Å². The first-order chi connectivity index (χ1) is 12.8. The number of rotatable bonds is 5. The number of anilines is 1. The first kappa shape index (κ1) is 17.5. The smallest absolute Gasteiger partial charge is 0.265 e. The summed E-state index contributed by atoms with van der Waals surface area (Å²) in [6.45, 7) is 2.29. The molecule has 0 aliphatic carbocycles. The van der Waals surface area contributed by atoms with Crippen LogP contribution in [0.25, 0.3) is 10.9 Å². The molecule has 4 rings (SSSR count). The quantitative estimate of drug-likeness (QED) is 0.615. The van der Waals surface area contributed by atoms with Gasteiger partial charge in [-0.25, -0.2) is 12.8 Å². The average molecular weight is 388 g/mol. The van der Waals surface area contributed by atoms with E-state index in [2.05, 4.69) is 26.2 Å². The van der Waals surface area contributed by atoms with Crippen LogP contribution in [0.5, 0.6) is 0 Å². The van der Waals surface area contributed by atoms with Crippen molar-refractivity contribution in [2.45, 2.75) is 24.0 Å². The molecule has 0 atom stereocenters. The summed E-state index contributed by atoms with van der Waals surface area (Å²) in [6.07, 6.45) is 4.04. The van der Waals surface area contributed by atoms with Crippen molar-refractivity contribution in [3.8, 4) is 6.07 Å². The number of sulfonamides is 1. The van der Waals surface area contributed by atoms with Gasteiger partial charge in [-0.3, -0.25) is 9.40 Å². The molecule has 1 aliphatic heterocycles. The van der Waals surface area contributed by atoms with Crippen LogP contribution in [0.2, 0.25) is 0 Å². The van der Waals surface area contributed by atoms with Crippen LogP contribution in [0.15, 0.2) is 35.6 Å². The Morgan fingerprint density at radius 2 is 2.22 bits per heavy atom. The monoisotopic (exact) mass is 388 g/mol. The van der Waals surface area contributed by atoms with Crippen molar-refractivity contribution in [1.82, 2.24) is 20.1 Å². The van der Waals surface area contributed by atoms with Crippen molar-refractivity contribution in [1.29, 1.82) is 5.26 Å². The van der Waals surface area contributed by atoms with E-state index in [0.717, 1.165) is 5.56 Å². The summed E-state index contributed by atoms with van der Waals surface area (Å²) >= 11 is 0. The SMILES string of the molecule is Cc1ccc(NS(=O)(=O)c2cnn(CC3(F)CNC3)c2)c2[nH]cc(C#N)c12. The lowest BCUT2D eigenvalue weighted by atomic mass is 10.00. The molecule has 0 spiro atoms. The molecule has 0 radical (unpaired) electrons. The zero-order valence-electron chi connectivity index (χ0n) is 14.5. The Kier molecular flexibility index (Phi) is 3.94. The summed E-state index contributed by atoms with van der Waals surface area (Å²) in [5.41, 5.74) is 0.766. The highest BCUT2D eigenvalue weighted by atomic mass is 32.2. The molecule has 0 amide bonds. The lowest BCUT2D eigenvalue weighted by Gasteiger charge is -2.34. The number of halogens is 1.